The average molecular weight is 536 g/mol. The van der Waals surface area contributed by atoms with Crippen molar-refractivity contribution in [3.05, 3.63) is 70.8 Å². The maximum Gasteiger partial charge on any atom is 0.495 e. The summed E-state index contributed by atoms with van der Waals surface area (Å²) in [5, 5.41) is 24.5. The first-order chi connectivity index (χ1) is 19.0. The number of nitrogens with two attached hydrogens (primary N) is 2. The summed E-state index contributed by atoms with van der Waals surface area (Å²) >= 11 is 0. The molecule has 2 aliphatic rings. The summed E-state index contributed by atoms with van der Waals surface area (Å²) in [6.45, 7) is 8.24. The molecule has 3 aromatic rings. The number of nitrogens with one attached hydrogen (secondary N) is 2. The number of ether oxygens (including phenoxy) is 1. The number of nitriles is 2. The third kappa shape index (κ3) is 4.75. The van der Waals surface area contributed by atoms with E-state index in [9.17, 15) is 10.5 Å². The van der Waals surface area contributed by atoms with E-state index in [0.717, 1.165) is 5.56 Å². The van der Waals surface area contributed by atoms with Crippen molar-refractivity contribution in [2.45, 2.75) is 51.5 Å². The van der Waals surface area contributed by atoms with E-state index in [0.29, 0.717) is 28.9 Å². The van der Waals surface area contributed by atoms with Crippen molar-refractivity contribution in [2.24, 2.45) is 4.99 Å². The number of aliphatic imine (C=N–C) groups is 1. The van der Waals surface area contributed by atoms with Crippen molar-refractivity contribution in [1.29, 1.82) is 10.5 Å². The number of aromatic nitrogens is 1. The van der Waals surface area contributed by atoms with Gasteiger partial charge < -0.3 is 30.8 Å². The Morgan fingerprint density at radius 2 is 1.77 bits per heavy atom. The maximum absolute atomic E-state index is 9.74. The third-order valence-corrected chi connectivity index (χ3v) is 7.47. The summed E-state index contributed by atoms with van der Waals surface area (Å²) in [4.78, 5) is 9.11. The van der Waals surface area contributed by atoms with E-state index in [1.165, 1.54) is 0 Å². The van der Waals surface area contributed by atoms with Crippen molar-refractivity contribution in [2.75, 3.05) is 16.8 Å². The third-order valence-electron chi connectivity index (χ3n) is 7.47. The first-order valence-corrected chi connectivity index (χ1v) is 12.7. The minimum atomic E-state index is -0.804. The molecule has 0 saturated carbocycles. The minimum Gasteiger partial charge on any atom is -0.489 e. The highest BCUT2D eigenvalue weighted by molar-refractivity contribution is 6.62. The van der Waals surface area contributed by atoms with Gasteiger partial charge in [0.2, 0.25) is 5.96 Å². The molecule has 1 fully saturated rings. The summed E-state index contributed by atoms with van der Waals surface area (Å²) in [6, 6.07) is 16.6. The van der Waals surface area contributed by atoms with Crippen LogP contribution < -0.4 is 32.3 Å². The number of pyridine rings is 1. The maximum atomic E-state index is 9.74. The van der Waals surface area contributed by atoms with Crippen molar-refractivity contribution in [3.63, 3.8) is 0 Å². The van der Waals surface area contributed by atoms with Crippen molar-refractivity contribution in [3.8, 4) is 18.0 Å². The molecule has 1 aromatic heterocycles. The molecule has 40 heavy (non-hydrogen) atoms. The lowest BCUT2D eigenvalue weighted by Crippen LogP contribution is -2.41. The summed E-state index contributed by atoms with van der Waals surface area (Å²) in [5.74, 6) is 0.967. The lowest BCUT2D eigenvalue weighted by Gasteiger charge is -2.32. The van der Waals surface area contributed by atoms with Gasteiger partial charge in [0.1, 0.15) is 41.7 Å². The summed E-state index contributed by atoms with van der Waals surface area (Å²) in [7, 11) is -0.734. The highest BCUT2D eigenvalue weighted by Crippen LogP contribution is 2.42. The van der Waals surface area contributed by atoms with Crippen LogP contribution in [0.3, 0.4) is 0 Å². The molecule has 1 unspecified atom stereocenters. The van der Waals surface area contributed by atoms with E-state index >= 15 is 0 Å². The number of guanidine groups is 1. The molecule has 6 N–H and O–H groups in total. The zero-order chi connectivity index (χ0) is 28.7. The zero-order valence-corrected chi connectivity index (χ0v) is 22.6. The van der Waals surface area contributed by atoms with Gasteiger partial charge in [-0.1, -0.05) is 36.4 Å². The van der Waals surface area contributed by atoms with Crippen molar-refractivity contribution >= 4 is 35.9 Å². The van der Waals surface area contributed by atoms with Gasteiger partial charge in [-0.25, -0.2) is 9.98 Å². The van der Waals surface area contributed by atoms with Crippen LogP contribution >= 0.6 is 0 Å². The average Bonchev–Trinajstić information content (AvgIpc) is 3.14. The highest BCUT2D eigenvalue weighted by Gasteiger charge is 2.52. The smallest absolute Gasteiger partial charge is 0.489 e. The second kappa shape index (κ2) is 10.1. The normalized spacial score (nSPS) is 18.5. The molecule has 0 amide bonds. The molecule has 0 radical (unpaired) electrons. The topological polar surface area (TPSA) is 177 Å². The predicted octanol–water partition coefficient (Wildman–Crippen LogP) is 2.94. The Bertz CT molecular complexity index is 1560. The van der Waals surface area contributed by atoms with Crippen LogP contribution in [0.25, 0.3) is 0 Å². The Morgan fingerprint density at radius 1 is 1.07 bits per heavy atom. The first kappa shape index (κ1) is 26.8. The number of hydrogen-bond acceptors (Lipinski definition) is 11. The van der Waals surface area contributed by atoms with Gasteiger partial charge in [-0.2, -0.15) is 10.5 Å². The first-order valence-electron chi connectivity index (χ1n) is 12.7. The Kier molecular flexibility index (Phi) is 6.76. The van der Waals surface area contributed by atoms with Gasteiger partial charge in [0.05, 0.1) is 16.9 Å². The molecule has 5 rings (SSSR count). The fourth-order valence-corrected chi connectivity index (χ4v) is 4.61. The summed E-state index contributed by atoms with van der Waals surface area (Å²) < 4.78 is 18.9. The van der Waals surface area contributed by atoms with Crippen LogP contribution in [0, 0.1) is 22.8 Å². The fraction of sp³-hybridized carbons (Fsp3) is 0.286. The number of benzene rings is 2. The largest absolute Gasteiger partial charge is 0.495 e. The quantitative estimate of drug-likeness (QED) is 0.215. The molecule has 1 atom stereocenters. The van der Waals surface area contributed by atoms with Crippen LogP contribution in [0.5, 0.6) is 5.75 Å². The Balaban J connectivity index is 1.67. The van der Waals surface area contributed by atoms with Gasteiger partial charge in [-0.15, -0.1) is 0 Å². The van der Waals surface area contributed by atoms with E-state index < -0.39 is 24.4 Å². The SMILES string of the molecule is CC1(C)OB(c2ccc(OCc3ccccc3)cc2C2N=C(NC#N)Nc3nc(N)c(C#N)c(N)c32)OC1(C)C. The van der Waals surface area contributed by atoms with E-state index in [4.69, 9.17) is 30.5 Å². The summed E-state index contributed by atoms with van der Waals surface area (Å²) in [6.07, 6.45) is 1.87. The standard InChI is InChI=1S/C28H29BN8O3/c1-27(2)28(3,4)40-29(39-27)20-11-10-17(38-14-16-8-6-5-7-9-16)12-18(20)23-21-22(32)19(13-30)24(33)36-25(21)37-26(35-23)34-15-31/h5-12,23H,14H2,1-4H3,(H6,32,33,34,35,36,37). The van der Waals surface area contributed by atoms with Crippen LogP contribution in [0.15, 0.2) is 53.5 Å². The second-order valence-electron chi connectivity index (χ2n) is 10.6. The van der Waals surface area contributed by atoms with E-state index in [1.807, 2.05) is 88.5 Å². The van der Waals surface area contributed by atoms with Gasteiger partial charge in [0, 0.05) is 5.56 Å². The Morgan fingerprint density at radius 3 is 2.42 bits per heavy atom. The van der Waals surface area contributed by atoms with Gasteiger partial charge in [0.15, 0.2) is 6.19 Å². The molecule has 2 aromatic carbocycles. The Hall–Kier alpha value is -4.78. The highest BCUT2D eigenvalue weighted by atomic mass is 16.7. The van der Waals surface area contributed by atoms with Crippen LogP contribution in [-0.4, -0.2) is 29.3 Å². The molecule has 0 spiro atoms. The van der Waals surface area contributed by atoms with Gasteiger partial charge in [-0.3, -0.25) is 5.32 Å². The van der Waals surface area contributed by atoms with Crippen LogP contribution in [-0.2, 0) is 15.9 Å². The number of rotatable bonds is 5. The van der Waals surface area contributed by atoms with Crippen LogP contribution in [0.2, 0.25) is 0 Å². The molecule has 0 aliphatic carbocycles. The predicted molar refractivity (Wildman–Crippen MR) is 152 cm³/mol. The van der Waals surface area contributed by atoms with E-state index in [-0.39, 0.29) is 28.8 Å². The monoisotopic (exact) mass is 536 g/mol. The molecular weight excluding hydrogens is 507 g/mol. The fourth-order valence-electron chi connectivity index (χ4n) is 4.61. The number of fused-ring (bicyclic) bond motifs is 1. The Labute approximate surface area is 232 Å². The zero-order valence-electron chi connectivity index (χ0n) is 22.6. The van der Waals surface area contributed by atoms with Crippen molar-refractivity contribution < 1.29 is 14.0 Å². The molecule has 2 aliphatic heterocycles. The molecule has 12 heteroatoms. The van der Waals surface area contributed by atoms with Gasteiger partial charge >= 0.3 is 7.12 Å². The molecular formula is C28H29BN8O3. The number of nitrogens with zero attached hydrogens (tertiary/aromatic N) is 4. The number of nitrogen functional groups attached to an aromatic ring is 2. The van der Waals surface area contributed by atoms with Crippen LogP contribution in [0.4, 0.5) is 17.3 Å². The van der Waals surface area contributed by atoms with Crippen LogP contribution in [0.1, 0.15) is 56.0 Å². The number of anilines is 3. The van der Waals surface area contributed by atoms with Gasteiger partial charge in [0.25, 0.3) is 0 Å². The molecule has 3 heterocycles. The van der Waals surface area contributed by atoms with E-state index in [1.54, 1.807) is 0 Å². The van der Waals surface area contributed by atoms with Gasteiger partial charge in [-0.05, 0) is 56.4 Å². The molecule has 1 saturated heterocycles. The molecule has 0 bridgehead atoms. The molecule has 202 valence electrons. The van der Waals surface area contributed by atoms with Crippen molar-refractivity contribution in [1.82, 2.24) is 10.3 Å². The summed E-state index contributed by atoms with van der Waals surface area (Å²) in [5.41, 5.74) is 14.3. The lowest BCUT2D eigenvalue weighted by atomic mass is 9.73. The molecule has 11 nitrogen and oxygen atoms in total. The minimum absolute atomic E-state index is 0.0330. The van der Waals surface area contributed by atoms with E-state index in [2.05, 4.69) is 15.6 Å². The second-order valence-corrected chi connectivity index (χ2v) is 10.6. The lowest BCUT2D eigenvalue weighted by molar-refractivity contribution is 0.00578. The number of hydrogen-bond donors (Lipinski definition) is 4.